The molecule has 1 aliphatic carbocycles. The molecule has 0 spiro atoms. The minimum Gasteiger partial charge on any atom is -0.453 e. The van der Waals surface area contributed by atoms with Crippen LogP contribution in [0.3, 0.4) is 0 Å². The molecule has 1 aromatic heterocycles. The first kappa shape index (κ1) is 22.8. The zero-order valence-corrected chi connectivity index (χ0v) is 19.1. The lowest BCUT2D eigenvalue weighted by Gasteiger charge is -2.27. The first-order chi connectivity index (χ1) is 14.0. The van der Waals surface area contributed by atoms with Crippen LogP contribution in [0, 0.1) is 5.92 Å². The fourth-order valence-electron chi connectivity index (χ4n) is 3.94. The second kappa shape index (κ2) is 8.67. The minimum absolute atomic E-state index is 0.106. The van der Waals surface area contributed by atoms with Gasteiger partial charge in [-0.1, -0.05) is 51.3 Å². The number of ketones is 1. The number of aliphatic hydroxyl groups is 1. The van der Waals surface area contributed by atoms with Crippen molar-refractivity contribution in [1.29, 1.82) is 0 Å². The smallest absolute Gasteiger partial charge is 0.218 e. The first-order valence-corrected chi connectivity index (χ1v) is 12.3. The molecule has 0 amide bonds. The van der Waals surface area contributed by atoms with Crippen LogP contribution in [0.2, 0.25) is 0 Å². The Labute approximate surface area is 179 Å². The third-order valence-electron chi connectivity index (χ3n) is 5.98. The molecule has 1 N–H and O–H groups in total. The van der Waals surface area contributed by atoms with E-state index >= 15 is 0 Å². The van der Waals surface area contributed by atoms with Crippen LogP contribution >= 0.6 is 0 Å². The summed E-state index contributed by atoms with van der Waals surface area (Å²) in [6, 6.07) is 7.44. The Hall–Kier alpha value is -1.92. The average Bonchev–Trinajstić information content (AvgIpc) is 3.09. The van der Waals surface area contributed by atoms with Crippen molar-refractivity contribution in [2.75, 3.05) is 5.75 Å². The Morgan fingerprint density at radius 1 is 1.27 bits per heavy atom. The van der Waals surface area contributed by atoms with E-state index in [1.54, 1.807) is 13.8 Å². The maximum atomic E-state index is 12.8. The van der Waals surface area contributed by atoms with Crippen LogP contribution in [0.5, 0.6) is 0 Å². The normalized spacial score (nSPS) is 15.4. The van der Waals surface area contributed by atoms with Crippen molar-refractivity contribution in [3.63, 3.8) is 0 Å². The average molecular weight is 433 g/mol. The summed E-state index contributed by atoms with van der Waals surface area (Å²) in [6.45, 7) is 7.28. The van der Waals surface area contributed by atoms with E-state index in [1.807, 2.05) is 12.1 Å². The highest BCUT2D eigenvalue weighted by Crippen LogP contribution is 2.33. The van der Waals surface area contributed by atoms with Crippen LogP contribution < -0.4 is 0 Å². The predicted molar refractivity (Wildman–Crippen MR) is 116 cm³/mol. The van der Waals surface area contributed by atoms with Gasteiger partial charge in [0.15, 0.2) is 5.78 Å². The number of Topliss-reactive ketones (excluding diaryl/α,β-unsaturated/α-hetero) is 1. The van der Waals surface area contributed by atoms with E-state index in [-0.39, 0.29) is 23.2 Å². The number of rotatable bonds is 9. The van der Waals surface area contributed by atoms with Gasteiger partial charge in [-0.05, 0) is 48.8 Å². The molecular formula is C24H32O5S. The highest BCUT2D eigenvalue weighted by molar-refractivity contribution is 7.92. The molecule has 1 saturated carbocycles. The number of hydrogen-bond acceptors (Lipinski definition) is 5. The van der Waals surface area contributed by atoms with Gasteiger partial charge in [0.1, 0.15) is 5.75 Å². The lowest BCUT2D eigenvalue weighted by Crippen LogP contribution is -2.21. The van der Waals surface area contributed by atoms with E-state index in [9.17, 15) is 18.3 Å². The quantitative estimate of drug-likeness (QED) is 0.628. The summed E-state index contributed by atoms with van der Waals surface area (Å²) in [7, 11) is -3.91. The van der Waals surface area contributed by atoms with Crippen molar-refractivity contribution in [3.05, 3.63) is 52.8 Å². The highest BCUT2D eigenvalue weighted by Gasteiger charge is 2.28. The lowest BCUT2D eigenvalue weighted by molar-refractivity contribution is -0.116. The standard InChI is InChI=1S/C24H32O5S/c1-16(2)21-10-6-9-18(11-17-7-5-8-17)22(21)13-20(25)15-30(27,28)23-12-19(14-29-23)24(3,4)26/h6,9-10,12,14,16-17,26H,5,7-8,11,13,15H2,1-4H3. The number of carbonyl (C=O) groups is 1. The number of benzene rings is 1. The Balaban J connectivity index is 1.80. The number of furan rings is 1. The third kappa shape index (κ3) is 5.22. The highest BCUT2D eigenvalue weighted by atomic mass is 32.2. The molecule has 1 aromatic carbocycles. The van der Waals surface area contributed by atoms with E-state index in [1.165, 1.54) is 37.2 Å². The van der Waals surface area contributed by atoms with Crippen LogP contribution in [0.4, 0.5) is 0 Å². The summed E-state index contributed by atoms with van der Waals surface area (Å²) in [5, 5.41) is 9.76. The topological polar surface area (TPSA) is 84.6 Å². The molecule has 164 valence electrons. The van der Waals surface area contributed by atoms with Crippen LogP contribution in [0.15, 0.2) is 40.0 Å². The molecule has 1 aliphatic rings. The Bertz CT molecular complexity index is 1000. The zero-order valence-electron chi connectivity index (χ0n) is 18.3. The molecule has 1 fully saturated rings. The van der Waals surface area contributed by atoms with Crippen molar-refractivity contribution in [2.45, 2.75) is 76.4 Å². The molecular weight excluding hydrogens is 400 g/mol. The summed E-state index contributed by atoms with van der Waals surface area (Å²) in [6.07, 6.45) is 5.97. The van der Waals surface area contributed by atoms with Gasteiger partial charge in [0.05, 0.1) is 11.9 Å². The lowest BCUT2D eigenvalue weighted by atomic mass is 9.78. The fraction of sp³-hybridized carbons (Fsp3) is 0.542. The molecule has 30 heavy (non-hydrogen) atoms. The molecule has 0 radical (unpaired) electrons. The van der Waals surface area contributed by atoms with Crippen LogP contribution in [-0.4, -0.2) is 25.1 Å². The van der Waals surface area contributed by atoms with Crippen molar-refractivity contribution in [2.24, 2.45) is 5.92 Å². The van der Waals surface area contributed by atoms with Gasteiger partial charge in [-0.3, -0.25) is 4.79 Å². The molecule has 0 aliphatic heterocycles. The summed E-state index contributed by atoms with van der Waals surface area (Å²) in [5.74, 6) is -0.0427. The molecule has 0 saturated heterocycles. The van der Waals surface area contributed by atoms with Crippen molar-refractivity contribution in [1.82, 2.24) is 0 Å². The number of sulfone groups is 1. The summed E-state index contributed by atoms with van der Waals surface area (Å²) < 4.78 is 30.6. The van der Waals surface area contributed by atoms with Gasteiger partial charge in [0.2, 0.25) is 14.9 Å². The summed E-state index contributed by atoms with van der Waals surface area (Å²) >= 11 is 0. The van der Waals surface area contributed by atoms with E-state index in [2.05, 4.69) is 19.9 Å². The van der Waals surface area contributed by atoms with Gasteiger partial charge >= 0.3 is 0 Å². The number of hydrogen-bond donors (Lipinski definition) is 1. The molecule has 0 unspecified atom stereocenters. The maximum Gasteiger partial charge on any atom is 0.218 e. The molecule has 5 nitrogen and oxygen atoms in total. The minimum atomic E-state index is -3.91. The molecule has 0 bridgehead atoms. The van der Waals surface area contributed by atoms with E-state index in [0.29, 0.717) is 11.5 Å². The monoisotopic (exact) mass is 432 g/mol. The number of carbonyl (C=O) groups excluding carboxylic acids is 1. The third-order valence-corrected chi connectivity index (χ3v) is 7.51. The predicted octanol–water partition coefficient (Wildman–Crippen LogP) is 4.56. The van der Waals surface area contributed by atoms with Gasteiger partial charge < -0.3 is 9.52 Å². The van der Waals surface area contributed by atoms with E-state index in [4.69, 9.17) is 4.42 Å². The summed E-state index contributed by atoms with van der Waals surface area (Å²) in [5.41, 5.74) is 2.41. The van der Waals surface area contributed by atoms with Crippen molar-refractivity contribution < 1.29 is 22.7 Å². The van der Waals surface area contributed by atoms with E-state index in [0.717, 1.165) is 17.5 Å². The van der Waals surface area contributed by atoms with Gasteiger partial charge in [0.25, 0.3) is 0 Å². The Kier molecular flexibility index (Phi) is 6.58. The van der Waals surface area contributed by atoms with Crippen molar-refractivity contribution in [3.8, 4) is 0 Å². The van der Waals surface area contributed by atoms with Gasteiger partial charge in [-0.15, -0.1) is 0 Å². The second-order valence-corrected chi connectivity index (χ2v) is 11.2. The Morgan fingerprint density at radius 3 is 2.50 bits per heavy atom. The van der Waals surface area contributed by atoms with Gasteiger partial charge in [-0.25, -0.2) is 8.42 Å². The SMILES string of the molecule is CC(C)c1cccc(CC2CCC2)c1CC(=O)CS(=O)(=O)c1cc(C(C)(C)O)co1. The van der Waals surface area contributed by atoms with Gasteiger partial charge in [0, 0.05) is 18.1 Å². The van der Waals surface area contributed by atoms with Crippen LogP contribution in [-0.2, 0) is 33.1 Å². The molecule has 1 heterocycles. The van der Waals surface area contributed by atoms with Crippen LogP contribution in [0.1, 0.15) is 75.1 Å². The fourth-order valence-corrected chi connectivity index (χ4v) is 5.11. The zero-order chi connectivity index (χ0) is 22.1. The second-order valence-electron chi connectivity index (χ2n) is 9.33. The van der Waals surface area contributed by atoms with Crippen LogP contribution in [0.25, 0.3) is 0 Å². The molecule has 0 atom stereocenters. The van der Waals surface area contributed by atoms with E-state index < -0.39 is 21.2 Å². The summed E-state index contributed by atoms with van der Waals surface area (Å²) in [4.78, 5) is 12.8. The Morgan fingerprint density at radius 2 is 1.97 bits per heavy atom. The first-order valence-electron chi connectivity index (χ1n) is 10.6. The molecule has 2 aromatic rings. The maximum absolute atomic E-state index is 12.8. The largest absolute Gasteiger partial charge is 0.453 e. The molecule has 6 heteroatoms. The molecule has 3 rings (SSSR count). The van der Waals surface area contributed by atoms with Gasteiger partial charge in [-0.2, -0.15) is 0 Å². The van der Waals surface area contributed by atoms with Crippen molar-refractivity contribution >= 4 is 15.6 Å².